The summed E-state index contributed by atoms with van der Waals surface area (Å²) in [5.74, 6) is 0.195. The van der Waals surface area contributed by atoms with Crippen molar-refractivity contribution in [1.29, 1.82) is 0 Å². The van der Waals surface area contributed by atoms with Crippen LogP contribution in [0, 0.1) is 13.8 Å². The van der Waals surface area contributed by atoms with Crippen molar-refractivity contribution >= 4 is 11.9 Å². The number of likely N-dealkylation sites (N-methyl/N-ethyl adjacent to an activating group) is 1. The van der Waals surface area contributed by atoms with Gasteiger partial charge in [0.1, 0.15) is 11.5 Å². The molecule has 0 fully saturated rings. The Bertz CT molecular complexity index is 829. The van der Waals surface area contributed by atoms with E-state index in [1.54, 1.807) is 24.1 Å². The molecule has 1 aliphatic rings. The molecule has 1 aliphatic heterocycles. The van der Waals surface area contributed by atoms with Crippen molar-refractivity contribution in [3.63, 3.8) is 0 Å². The van der Waals surface area contributed by atoms with Gasteiger partial charge in [-0.15, -0.1) is 0 Å². The van der Waals surface area contributed by atoms with Crippen LogP contribution in [-0.4, -0.2) is 41.6 Å². The zero-order chi connectivity index (χ0) is 19.6. The van der Waals surface area contributed by atoms with Crippen molar-refractivity contribution in [1.82, 2.24) is 4.90 Å². The highest BCUT2D eigenvalue weighted by Crippen LogP contribution is 2.32. The number of carbonyl (C=O) groups excluding carboxylic acids is 1. The van der Waals surface area contributed by atoms with Crippen LogP contribution >= 0.6 is 0 Å². The largest absolute Gasteiger partial charge is 0.482 e. The van der Waals surface area contributed by atoms with Gasteiger partial charge in [0.2, 0.25) is 0 Å². The van der Waals surface area contributed by atoms with Gasteiger partial charge in [0.15, 0.2) is 12.7 Å². The SMILES string of the molecule is Cc1cc2c(cc1C)OC(C(=O)N(C)Cc1ccc(OCC(=O)O)cc1)C2. The smallest absolute Gasteiger partial charge is 0.341 e. The minimum atomic E-state index is -1.02. The Hall–Kier alpha value is -3.02. The maximum atomic E-state index is 12.7. The Morgan fingerprint density at radius 3 is 2.52 bits per heavy atom. The molecular formula is C21H23NO5. The van der Waals surface area contributed by atoms with Gasteiger partial charge in [-0.25, -0.2) is 4.79 Å². The molecule has 0 aromatic heterocycles. The van der Waals surface area contributed by atoms with Crippen molar-refractivity contribution in [3.8, 4) is 11.5 Å². The number of ether oxygens (including phenoxy) is 2. The van der Waals surface area contributed by atoms with Crippen LogP contribution in [0.1, 0.15) is 22.3 Å². The van der Waals surface area contributed by atoms with Crippen LogP contribution in [-0.2, 0) is 22.6 Å². The van der Waals surface area contributed by atoms with Crippen LogP contribution in [0.25, 0.3) is 0 Å². The number of fused-ring (bicyclic) bond motifs is 1. The molecule has 142 valence electrons. The monoisotopic (exact) mass is 369 g/mol. The zero-order valence-electron chi connectivity index (χ0n) is 15.7. The third-order valence-electron chi connectivity index (χ3n) is 4.71. The Morgan fingerprint density at radius 1 is 1.19 bits per heavy atom. The molecule has 6 heteroatoms. The van der Waals surface area contributed by atoms with E-state index in [9.17, 15) is 9.59 Å². The lowest BCUT2D eigenvalue weighted by Gasteiger charge is -2.21. The summed E-state index contributed by atoms with van der Waals surface area (Å²) in [6.45, 7) is 4.15. The quantitative estimate of drug-likeness (QED) is 0.847. The molecule has 27 heavy (non-hydrogen) atoms. The van der Waals surface area contributed by atoms with Crippen molar-refractivity contribution < 1.29 is 24.2 Å². The van der Waals surface area contributed by atoms with E-state index >= 15 is 0 Å². The van der Waals surface area contributed by atoms with E-state index in [1.807, 2.05) is 25.1 Å². The van der Waals surface area contributed by atoms with Crippen LogP contribution in [0.2, 0.25) is 0 Å². The van der Waals surface area contributed by atoms with Gasteiger partial charge in [-0.1, -0.05) is 18.2 Å². The number of amides is 1. The molecule has 1 heterocycles. The van der Waals surface area contributed by atoms with Gasteiger partial charge in [0.25, 0.3) is 5.91 Å². The molecule has 1 unspecified atom stereocenters. The van der Waals surface area contributed by atoms with Gasteiger partial charge in [-0.05, 0) is 54.3 Å². The van der Waals surface area contributed by atoms with Crippen molar-refractivity contribution in [2.45, 2.75) is 32.9 Å². The molecule has 0 bridgehead atoms. The van der Waals surface area contributed by atoms with E-state index in [2.05, 4.69) is 13.0 Å². The van der Waals surface area contributed by atoms with Gasteiger partial charge in [0, 0.05) is 20.0 Å². The Kier molecular flexibility index (Phi) is 5.35. The lowest BCUT2D eigenvalue weighted by atomic mass is 10.0. The van der Waals surface area contributed by atoms with Gasteiger partial charge in [-0.3, -0.25) is 4.79 Å². The van der Waals surface area contributed by atoms with E-state index in [4.69, 9.17) is 14.6 Å². The van der Waals surface area contributed by atoms with Crippen LogP contribution in [0.5, 0.6) is 11.5 Å². The number of hydrogen-bond acceptors (Lipinski definition) is 4. The molecule has 0 aliphatic carbocycles. The number of carboxylic acid groups (broad SMARTS) is 1. The van der Waals surface area contributed by atoms with Crippen molar-refractivity contribution in [3.05, 3.63) is 58.7 Å². The first kappa shape index (κ1) is 18.8. The summed E-state index contributed by atoms with van der Waals surface area (Å²) in [5, 5.41) is 8.63. The third kappa shape index (κ3) is 4.39. The number of aryl methyl sites for hydroxylation is 2. The molecule has 6 nitrogen and oxygen atoms in total. The summed E-state index contributed by atoms with van der Waals surface area (Å²) in [5.41, 5.74) is 4.35. The van der Waals surface area contributed by atoms with E-state index in [0.717, 1.165) is 22.4 Å². The molecule has 1 amide bonds. The summed E-state index contributed by atoms with van der Waals surface area (Å²) in [7, 11) is 1.75. The van der Waals surface area contributed by atoms with Gasteiger partial charge in [0.05, 0.1) is 0 Å². The molecule has 3 rings (SSSR count). The number of aliphatic carboxylic acids is 1. The summed E-state index contributed by atoms with van der Waals surface area (Å²) >= 11 is 0. The summed E-state index contributed by atoms with van der Waals surface area (Å²) in [6, 6.07) is 11.1. The second-order valence-electron chi connectivity index (χ2n) is 6.88. The lowest BCUT2D eigenvalue weighted by molar-refractivity contribution is -0.139. The number of rotatable bonds is 6. The highest BCUT2D eigenvalue weighted by atomic mass is 16.5. The molecule has 1 atom stereocenters. The minimum absolute atomic E-state index is 0.0623. The van der Waals surface area contributed by atoms with Crippen LogP contribution in [0.3, 0.4) is 0 Å². The Balaban J connectivity index is 1.59. The topological polar surface area (TPSA) is 76.1 Å². The highest BCUT2D eigenvalue weighted by molar-refractivity contribution is 5.82. The minimum Gasteiger partial charge on any atom is -0.482 e. The van der Waals surface area contributed by atoms with E-state index in [0.29, 0.717) is 18.7 Å². The van der Waals surface area contributed by atoms with Crippen molar-refractivity contribution in [2.75, 3.05) is 13.7 Å². The maximum absolute atomic E-state index is 12.7. The third-order valence-corrected chi connectivity index (χ3v) is 4.71. The highest BCUT2D eigenvalue weighted by Gasteiger charge is 2.31. The van der Waals surface area contributed by atoms with Crippen LogP contribution in [0.15, 0.2) is 36.4 Å². The predicted octanol–water partition coefficient (Wildman–Crippen LogP) is 2.73. The van der Waals surface area contributed by atoms with Gasteiger partial charge >= 0.3 is 5.97 Å². The van der Waals surface area contributed by atoms with Crippen molar-refractivity contribution in [2.24, 2.45) is 0 Å². The number of nitrogens with zero attached hydrogens (tertiary/aromatic N) is 1. The average molecular weight is 369 g/mol. The molecule has 1 N–H and O–H groups in total. The van der Waals surface area contributed by atoms with Gasteiger partial charge < -0.3 is 19.5 Å². The predicted molar refractivity (Wildman–Crippen MR) is 100 cm³/mol. The first-order valence-corrected chi connectivity index (χ1v) is 8.79. The lowest BCUT2D eigenvalue weighted by Crippen LogP contribution is -2.38. The van der Waals surface area contributed by atoms with Gasteiger partial charge in [-0.2, -0.15) is 0 Å². The zero-order valence-corrected chi connectivity index (χ0v) is 15.7. The number of benzene rings is 2. The number of carbonyl (C=O) groups is 2. The molecule has 2 aromatic carbocycles. The molecular weight excluding hydrogens is 346 g/mol. The number of hydrogen-bond donors (Lipinski definition) is 1. The fourth-order valence-electron chi connectivity index (χ4n) is 3.08. The van der Waals surface area contributed by atoms with E-state index in [1.165, 1.54) is 5.56 Å². The maximum Gasteiger partial charge on any atom is 0.341 e. The normalized spacial score (nSPS) is 15.0. The average Bonchev–Trinajstić information content (AvgIpc) is 3.03. The first-order valence-electron chi connectivity index (χ1n) is 8.79. The summed E-state index contributed by atoms with van der Waals surface area (Å²) in [6.07, 6.45) is 0.0890. The fraction of sp³-hybridized carbons (Fsp3) is 0.333. The van der Waals surface area contributed by atoms with E-state index < -0.39 is 12.1 Å². The molecule has 0 saturated heterocycles. The molecule has 0 spiro atoms. The molecule has 0 saturated carbocycles. The van der Waals surface area contributed by atoms with Crippen LogP contribution in [0.4, 0.5) is 0 Å². The number of carboxylic acids is 1. The molecule has 0 radical (unpaired) electrons. The van der Waals surface area contributed by atoms with Crippen LogP contribution < -0.4 is 9.47 Å². The second-order valence-corrected chi connectivity index (χ2v) is 6.88. The first-order chi connectivity index (χ1) is 12.8. The Morgan fingerprint density at radius 2 is 1.85 bits per heavy atom. The fourth-order valence-corrected chi connectivity index (χ4v) is 3.08. The second kappa shape index (κ2) is 7.70. The summed E-state index contributed by atoms with van der Waals surface area (Å²) < 4.78 is 11.0. The van der Waals surface area contributed by atoms with E-state index in [-0.39, 0.29) is 12.5 Å². The Labute approximate surface area is 158 Å². The molecule has 2 aromatic rings. The standard InChI is InChI=1S/C21H23NO5/c1-13-8-16-10-19(27-18(16)9-14(13)2)21(25)22(3)11-15-4-6-17(7-5-15)26-12-20(23)24/h4-9,19H,10-12H2,1-3H3,(H,23,24). The summed E-state index contributed by atoms with van der Waals surface area (Å²) in [4.78, 5) is 24.9.